The number of ether oxygens (including phenoxy) is 6. The van der Waals surface area contributed by atoms with E-state index >= 15 is 19.2 Å². The Bertz CT molecular complexity index is 3370. The van der Waals surface area contributed by atoms with Crippen LogP contribution in [0.15, 0.2) is 146 Å². The minimum atomic E-state index is -2.15. The van der Waals surface area contributed by atoms with Crippen molar-refractivity contribution in [1.82, 2.24) is 15.1 Å². The number of nitrogens with zero attached hydrogens (tertiary/aromatic N) is 3. The first kappa shape index (κ1) is 54.4. The number of amides is 4. The third kappa shape index (κ3) is 9.75. The van der Waals surface area contributed by atoms with Gasteiger partial charge in [-0.2, -0.15) is 0 Å². The van der Waals surface area contributed by atoms with Crippen LogP contribution in [0.2, 0.25) is 0 Å². The van der Waals surface area contributed by atoms with E-state index in [1.165, 1.54) is 7.11 Å². The van der Waals surface area contributed by atoms with Gasteiger partial charge in [0.05, 0.1) is 64.8 Å². The Labute approximate surface area is 463 Å². The van der Waals surface area contributed by atoms with Gasteiger partial charge in [-0.1, -0.05) is 115 Å². The van der Waals surface area contributed by atoms with Crippen LogP contribution in [0.25, 0.3) is 0 Å². The Kier molecular flexibility index (Phi) is 15.7. The van der Waals surface area contributed by atoms with Crippen molar-refractivity contribution in [3.05, 3.63) is 190 Å². The van der Waals surface area contributed by atoms with E-state index in [9.17, 15) is 14.7 Å². The summed E-state index contributed by atoms with van der Waals surface area (Å²) in [6, 6.07) is 38.6. The van der Waals surface area contributed by atoms with Crippen molar-refractivity contribution in [3.8, 4) is 29.1 Å². The zero-order valence-electron chi connectivity index (χ0n) is 44.8. The lowest BCUT2D eigenvalue weighted by atomic mass is 9.64. The number of hydrogen-bond donors (Lipinski definition) is 2. The average molecular weight is 1080 g/mol. The van der Waals surface area contributed by atoms with E-state index in [1.807, 2.05) is 108 Å². The van der Waals surface area contributed by atoms with Gasteiger partial charge in [0, 0.05) is 25.1 Å². The molecule has 410 valence electrons. The van der Waals surface area contributed by atoms with Crippen molar-refractivity contribution in [2.45, 2.75) is 62.0 Å². The Hall–Kier alpha value is -8.98. The number of hydrogen-bond acceptors (Lipinski definition) is 14. The molecular formula is C63H60N4O13. The third-order valence-electron chi connectivity index (χ3n) is 15.7. The summed E-state index contributed by atoms with van der Waals surface area (Å²) in [4.78, 5) is 95.3. The molecule has 0 radical (unpaired) electrons. The second kappa shape index (κ2) is 23.2. The van der Waals surface area contributed by atoms with Crippen LogP contribution in [0.3, 0.4) is 0 Å². The molecule has 0 aromatic heterocycles. The van der Waals surface area contributed by atoms with Gasteiger partial charge in [0.15, 0.2) is 17.4 Å². The van der Waals surface area contributed by atoms with Crippen LogP contribution >= 0.6 is 0 Å². The molecule has 0 unspecified atom stereocenters. The van der Waals surface area contributed by atoms with E-state index in [-0.39, 0.29) is 44.0 Å². The van der Waals surface area contributed by atoms with Crippen LogP contribution in [0, 0.1) is 23.7 Å². The summed E-state index contributed by atoms with van der Waals surface area (Å²) >= 11 is 0. The fourth-order valence-electron chi connectivity index (χ4n) is 12.0. The molecule has 2 saturated heterocycles. The molecule has 10 rings (SSSR count). The molecule has 80 heavy (non-hydrogen) atoms. The summed E-state index contributed by atoms with van der Waals surface area (Å²) in [7, 11) is 5.39. The molecule has 2 fully saturated rings. The van der Waals surface area contributed by atoms with Crippen LogP contribution in [-0.2, 0) is 56.6 Å². The van der Waals surface area contributed by atoms with Gasteiger partial charge in [0.2, 0.25) is 11.8 Å². The first-order valence-corrected chi connectivity index (χ1v) is 26.3. The van der Waals surface area contributed by atoms with Crippen LogP contribution in [0.5, 0.6) is 17.2 Å². The summed E-state index contributed by atoms with van der Waals surface area (Å²) < 4.78 is 33.8. The number of morpholine rings is 1. The van der Waals surface area contributed by atoms with Gasteiger partial charge in [0.25, 0.3) is 0 Å². The smallest absolute Gasteiger partial charge is 0.329 e. The number of nitrogens with one attached hydrogen (secondary N) is 1. The molecule has 17 heteroatoms. The average Bonchev–Trinajstić information content (AvgIpc) is 4.12. The second-order valence-corrected chi connectivity index (χ2v) is 20.0. The zero-order chi connectivity index (χ0) is 56.2. The lowest BCUT2D eigenvalue weighted by Gasteiger charge is -2.46. The fraction of sp³-hybridized carbons (Fsp3) is 0.302. The number of fused-ring (bicyclic) bond motifs is 4. The number of anilines is 1. The highest BCUT2D eigenvalue weighted by molar-refractivity contribution is 6.24. The van der Waals surface area contributed by atoms with Crippen LogP contribution < -0.4 is 24.4 Å². The van der Waals surface area contributed by atoms with E-state index in [0.717, 1.165) is 35.8 Å². The van der Waals surface area contributed by atoms with E-state index in [4.69, 9.17) is 28.4 Å². The van der Waals surface area contributed by atoms with Gasteiger partial charge < -0.3 is 43.7 Å². The minimum Gasteiger partial charge on any atom is -0.493 e. The maximum atomic E-state index is 17.1. The molecule has 6 aromatic rings. The van der Waals surface area contributed by atoms with Gasteiger partial charge in [0.1, 0.15) is 29.9 Å². The lowest BCUT2D eigenvalue weighted by molar-refractivity contribution is -0.179. The van der Waals surface area contributed by atoms with Crippen LogP contribution in [0.4, 0.5) is 10.5 Å². The SMILES string of the molecule is COC(=O)C(CC#Cc1ccc2c(c1)[C@]1(C(=O)N2C(=O)N[C@H](C)c2ccccc2)[C@H](C(=O)N2CCc3cc(OC)c(OC)cc3C2)[C@H]2C(=O)O[C@H](c3ccccc3)[C@H](c3ccccc3)N2[C@@H]1c1ccc(OCCO)cc1)C(=O)OC. The standard InChI is InChI=1S/C63H60N4O13/c1-38(40-17-9-6-10-18-40)64-62(74)66-49-29-24-39(16-15-23-47(58(70)77-4)59(71)78-5)34-48(49)63(61(66)73)52(57(69)65-31-30-44-35-50(75-2)51(76-3)36-45(44)37-65)54-60(72)80-55(42-21-13-8-14-22-42)53(41-19-11-7-12-20-41)67(54)56(63)43-25-27-46(28-26-43)79-33-32-68/h6-14,17-22,24-29,34-36,38,47,52-56,68H,23,30-33,37H2,1-5H3,(H,64,74)/t38-,52+,53+,54+,55-,56-,63+/m1/s1. The number of esters is 3. The molecule has 7 atom stereocenters. The van der Waals surface area contributed by atoms with Crippen molar-refractivity contribution in [3.63, 3.8) is 0 Å². The maximum absolute atomic E-state index is 17.1. The van der Waals surface area contributed by atoms with E-state index in [2.05, 4.69) is 17.2 Å². The predicted octanol–water partition coefficient (Wildman–Crippen LogP) is 7.50. The number of methoxy groups -OCH3 is 4. The predicted molar refractivity (Wildman–Crippen MR) is 292 cm³/mol. The number of carbonyl (C=O) groups is 6. The molecule has 0 bridgehead atoms. The van der Waals surface area contributed by atoms with Crippen LogP contribution in [0.1, 0.15) is 82.1 Å². The van der Waals surface area contributed by atoms with E-state index < -0.39 is 83.3 Å². The van der Waals surface area contributed by atoms with Gasteiger partial charge in [-0.25, -0.2) is 9.69 Å². The lowest BCUT2D eigenvalue weighted by Crippen LogP contribution is -2.57. The van der Waals surface area contributed by atoms with Gasteiger partial charge >= 0.3 is 23.9 Å². The molecule has 4 aliphatic rings. The number of benzene rings is 6. The van der Waals surface area contributed by atoms with Crippen molar-refractivity contribution in [1.29, 1.82) is 0 Å². The molecule has 4 amide bonds. The van der Waals surface area contributed by atoms with Gasteiger partial charge in [-0.15, -0.1) is 0 Å². The monoisotopic (exact) mass is 1080 g/mol. The van der Waals surface area contributed by atoms with Crippen molar-refractivity contribution in [2.24, 2.45) is 11.8 Å². The number of urea groups is 1. The zero-order valence-corrected chi connectivity index (χ0v) is 44.8. The molecule has 6 aromatic carbocycles. The summed E-state index contributed by atoms with van der Waals surface area (Å²) in [6.07, 6.45) is -0.894. The Morgan fingerprint density at radius 1 is 0.750 bits per heavy atom. The van der Waals surface area contributed by atoms with Gasteiger partial charge in [-0.3, -0.25) is 28.9 Å². The molecule has 0 saturated carbocycles. The summed E-state index contributed by atoms with van der Waals surface area (Å²) in [6.45, 7) is 1.79. The maximum Gasteiger partial charge on any atom is 0.329 e. The first-order chi connectivity index (χ1) is 38.9. The number of carbonyl (C=O) groups excluding carboxylic acids is 6. The van der Waals surface area contributed by atoms with Crippen molar-refractivity contribution in [2.75, 3.05) is 53.1 Å². The number of imide groups is 1. The van der Waals surface area contributed by atoms with E-state index in [0.29, 0.717) is 45.9 Å². The number of aliphatic hydroxyl groups excluding tert-OH is 1. The highest BCUT2D eigenvalue weighted by Gasteiger charge is 2.76. The summed E-state index contributed by atoms with van der Waals surface area (Å²) in [5, 5.41) is 12.8. The fourth-order valence-corrected chi connectivity index (χ4v) is 12.0. The summed E-state index contributed by atoms with van der Waals surface area (Å²) in [5.41, 5.74) is 2.80. The normalized spacial score (nSPS) is 21.3. The van der Waals surface area contributed by atoms with E-state index in [1.54, 1.807) is 61.4 Å². The van der Waals surface area contributed by atoms with Crippen molar-refractivity contribution >= 4 is 41.4 Å². The van der Waals surface area contributed by atoms with Gasteiger partial charge in [-0.05, 0) is 94.8 Å². The second-order valence-electron chi connectivity index (χ2n) is 20.0. The highest BCUT2D eigenvalue weighted by Crippen LogP contribution is 2.66. The molecule has 1 spiro atoms. The molecule has 17 nitrogen and oxygen atoms in total. The molecule has 0 aliphatic carbocycles. The molecule has 4 heterocycles. The number of aliphatic hydroxyl groups is 1. The highest BCUT2D eigenvalue weighted by atomic mass is 16.6. The quantitative estimate of drug-likeness (QED) is 0.0470. The molecular weight excluding hydrogens is 1020 g/mol. The molecule has 2 N–H and O–H groups in total. The first-order valence-electron chi connectivity index (χ1n) is 26.3. The minimum absolute atomic E-state index is 0.00304. The topological polar surface area (TPSA) is 200 Å². The summed E-state index contributed by atoms with van der Waals surface area (Å²) in [5.74, 6) is 0.633. The van der Waals surface area contributed by atoms with Crippen LogP contribution in [-0.4, -0.2) is 105 Å². The molecule has 4 aliphatic heterocycles. The third-order valence-corrected chi connectivity index (χ3v) is 15.7. The number of rotatable bonds is 14. The number of cyclic esters (lactones) is 1. The largest absolute Gasteiger partial charge is 0.493 e. The Morgan fingerprint density at radius 3 is 2.00 bits per heavy atom. The Balaban J connectivity index is 1.25. The Morgan fingerprint density at radius 2 is 1.38 bits per heavy atom. The van der Waals surface area contributed by atoms with Crippen molar-refractivity contribution < 1.29 is 62.3 Å².